The molecule has 0 aromatic carbocycles. The minimum Gasteiger partial charge on any atom is -0.357 e. The highest BCUT2D eigenvalue weighted by atomic mass is 15.1. The van der Waals surface area contributed by atoms with E-state index >= 15 is 0 Å². The van der Waals surface area contributed by atoms with Gasteiger partial charge in [-0.2, -0.15) is 5.10 Å². The molecule has 3 aromatic heterocycles. The van der Waals surface area contributed by atoms with Crippen molar-refractivity contribution >= 4 is 23.3 Å². The average molecular weight is 494 g/mol. The Balaban J connectivity index is 2.11. The van der Waals surface area contributed by atoms with Crippen LogP contribution in [0.5, 0.6) is 0 Å². The lowest BCUT2D eigenvalue weighted by atomic mass is 9.96. The molecule has 0 aliphatic carbocycles. The number of nitrogens with one attached hydrogen (secondary N) is 3. The second kappa shape index (κ2) is 13.4. The van der Waals surface area contributed by atoms with Crippen LogP contribution in [0.15, 0.2) is 73.1 Å². The Bertz CT molecular complexity index is 1470. The Hall–Kier alpha value is -3.96. The van der Waals surface area contributed by atoms with Crippen LogP contribution in [0.3, 0.4) is 0 Å². The molecule has 0 saturated carbocycles. The van der Waals surface area contributed by atoms with Gasteiger partial charge >= 0.3 is 0 Å². The third-order valence-corrected chi connectivity index (χ3v) is 6.17. The molecule has 0 aliphatic rings. The summed E-state index contributed by atoms with van der Waals surface area (Å²) in [6, 6.07) is 4.32. The molecule has 3 aromatic rings. The summed E-state index contributed by atoms with van der Waals surface area (Å²) in [6.45, 7) is 18.4. The molecule has 0 amide bonds. The number of rotatable bonds is 10. The number of aromatic amines is 2. The second-order valence-corrected chi connectivity index (χ2v) is 8.79. The molecule has 0 radical (unpaired) electrons. The number of pyridine rings is 1. The molecule has 37 heavy (non-hydrogen) atoms. The predicted octanol–water partition coefficient (Wildman–Crippen LogP) is 5.99. The number of aryl methyl sites for hydroxylation is 1. The third kappa shape index (κ3) is 6.63. The molecule has 0 unspecified atom stereocenters. The number of hydrogen-bond acceptors (Lipinski definition) is 3. The quantitative estimate of drug-likeness (QED) is 0.304. The molecule has 0 fully saturated rings. The van der Waals surface area contributed by atoms with Gasteiger partial charge in [-0.15, -0.1) is 0 Å². The minimum atomic E-state index is 0.782. The van der Waals surface area contributed by atoms with Crippen molar-refractivity contribution in [3.63, 3.8) is 0 Å². The largest absolute Gasteiger partial charge is 0.357 e. The van der Waals surface area contributed by atoms with Crippen LogP contribution in [0.1, 0.15) is 57.0 Å². The maximum atomic E-state index is 4.69. The third-order valence-electron chi connectivity index (χ3n) is 6.17. The van der Waals surface area contributed by atoms with Crippen LogP contribution in [0.25, 0.3) is 34.7 Å². The molecule has 5 heteroatoms. The van der Waals surface area contributed by atoms with E-state index in [4.69, 9.17) is 5.10 Å². The van der Waals surface area contributed by atoms with E-state index in [1.165, 1.54) is 5.57 Å². The van der Waals surface area contributed by atoms with Gasteiger partial charge in [-0.3, -0.25) is 10.1 Å². The zero-order chi connectivity index (χ0) is 26.8. The lowest BCUT2D eigenvalue weighted by Crippen LogP contribution is -2.23. The summed E-state index contributed by atoms with van der Waals surface area (Å²) in [6.07, 6.45) is 20.5. The topological polar surface area (TPSA) is 69.4 Å². The molecule has 0 atom stereocenters. The number of aromatic nitrogens is 4. The highest BCUT2D eigenvalue weighted by Crippen LogP contribution is 2.30. The van der Waals surface area contributed by atoms with Gasteiger partial charge in [0, 0.05) is 35.4 Å². The van der Waals surface area contributed by atoms with Crippen LogP contribution in [0, 0.1) is 6.92 Å². The summed E-state index contributed by atoms with van der Waals surface area (Å²) in [5, 5.41) is 13.2. The van der Waals surface area contributed by atoms with E-state index in [1.54, 1.807) is 0 Å². The van der Waals surface area contributed by atoms with Crippen LogP contribution < -0.4 is 15.9 Å². The van der Waals surface area contributed by atoms with Gasteiger partial charge < -0.3 is 10.3 Å². The molecule has 3 heterocycles. The molecule has 5 nitrogen and oxygen atoms in total. The Labute approximate surface area is 220 Å². The Morgan fingerprint density at radius 2 is 1.92 bits per heavy atom. The first kappa shape index (κ1) is 27.6. The van der Waals surface area contributed by atoms with E-state index in [2.05, 4.69) is 96.3 Å². The minimum absolute atomic E-state index is 0.782. The second-order valence-electron chi connectivity index (χ2n) is 8.79. The van der Waals surface area contributed by atoms with Crippen LogP contribution >= 0.6 is 0 Å². The van der Waals surface area contributed by atoms with E-state index in [0.29, 0.717) is 0 Å². The van der Waals surface area contributed by atoms with Gasteiger partial charge in [0.1, 0.15) is 5.69 Å². The van der Waals surface area contributed by atoms with Gasteiger partial charge in [-0.25, -0.2) is 0 Å². The SMILES string of the molecule is C=C(/C=c1/c(-c2cc(C(=C\C=C/C)/C(/C=C\C)=C/C)c(C)[nH]2)n[nH]/c1=C/C)c1cncc(CNCC)c1. The average Bonchev–Trinajstić information content (AvgIpc) is 3.49. The predicted molar refractivity (Wildman–Crippen MR) is 159 cm³/mol. The van der Waals surface area contributed by atoms with Crippen molar-refractivity contribution in [2.24, 2.45) is 0 Å². The summed E-state index contributed by atoms with van der Waals surface area (Å²) in [7, 11) is 0. The first-order valence-electron chi connectivity index (χ1n) is 12.9. The van der Waals surface area contributed by atoms with E-state index in [0.717, 1.165) is 68.6 Å². The highest BCUT2D eigenvalue weighted by molar-refractivity contribution is 5.89. The lowest BCUT2D eigenvalue weighted by Gasteiger charge is -2.08. The molecule has 192 valence electrons. The van der Waals surface area contributed by atoms with Crippen molar-refractivity contribution < 1.29 is 0 Å². The first-order valence-corrected chi connectivity index (χ1v) is 12.9. The Kier molecular flexibility index (Phi) is 9.99. The zero-order valence-electron chi connectivity index (χ0n) is 22.9. The monoisotopic (exact) mass is 493 g/mol. The fourth-order valence-electron chi connectivity index (χ4n) is 4.24. The molecule has 0 bridgehead atoms. The Morgan fingerprint density at radius 3 is 2.59 bits per heavy atom. The number of allylic oxidation sites excluding steroid dienone is 9. The Morgan fingerprint density at radius 1 is 1.11 bits per heavy atom. The van der Waals surface area contributed by atoms with Crippen molar-refractivity contribution in [3.8, 4) is 11.4 Å². The molecular formula is C32H39N5. The van der Waals surface area contributed by atoms with Crippen LogP contribution in [-0.2, 0) is 6.54 Å². The highest BCUT2D eigenvalue weighted by Gasteiger charge is 2.15. The van der Waals surface area contributed by atoms with Crippen LogP contribution in [0.4, 0.5) is 0 Å². The summed E-state index contributed by atoms with van der Waals surface area (Å²) in [4.78, 5) is 8.01. The molecule has 0 aliphatic heterocycles. The van der Waals surface area contributed by atoms with Gasteiger partial charge in [0.15, 0.2) is 0 Å². The summed E-state index contributed by atoms with van der Waals surface area (Å²) < 4.78 is 0. The van der Waals surface area contributed by atoms with Gasteiger partial charge in [-0.05, 0) is 87.2 Å². The number of hydrogen-bond donors (Lipinski definition) is 3. The fraction of sp³-hybridized carbons (Fsp3) is 0.250. The van der Waals surface area contributed by atoms with Crippen molar-refractivity contribution in [2.75, 3.05) is 6.54 Å². The van der Waals surface area contributed by atoms with Crippen molar-refractivity contribution in [2.45, 2.75) is 48.1 Å². The summed E-state index contributed by atoms with van der Waals surface area (Å²) in [5.74, 6) is 0. The van der Waals surface area contributed by atoms with E-state index in [9.17, 15) is 0 Å². The van der Waals surface area contributed by atoms with E-state index < -0.39 is 0 Å². The summed E-state index contributed by atoms with van der Waals surface area (Å²) >= 11 is 0. The molecular weight excluding hydrogens is 454 g/mol. The van der Waals surface area contributed by atoms with E-state index in [1.807, 2.05) is 45.3 Å². The fourth-order valence-corrected chi connectivity index (χ4v) is 4.24. The normalized spacial score (nSPS) is 14.0. The van der Waals surface area contributed by atoms with Gasteiger partial charge in [-0.1, -0.05) is 56.0 Å². The van der Waals surface area contributed by atoms with E-state index in [-0.39, 0.29) is 0 Å². The maximum absolute atomic E-state index is 4.69. The molecule has 0 saturated heterocycles. The molecule has 3 N–H and O–H groups in total. The number of nitrogens with zero attached hydrogens (tertiary/aromatic N) is 2. The van der Waals surface area contributed by atoms with Crippen molar-refractivity contribution in [1.82, 2.24) is 25.5 Å². The van der Waals surface area contributed by atoms with Gasteiger partial charge in [0.2, 0.25) is 0 Å². The zero-order valence-corrected chi connectivity index (χ0v) is 22.9. The standard InChI is InChI=1S/C32H39N5/c1-8-13-15-27(25(10-3)14-9-2)28-18-31(35-23(28)7)32-29(30(11-4)36-37-32)16-22(6)26-17-24(19-33-12-5)20-34-21-26/h8-11,13-18,20-21,33,35-36H,6,12,19H2,1-5,7H3/b13-8-,14-9-,25-10+,27-15-,29-16+,30-11+. The number of H-pyrrole nitrogens is 2. The van der Waals surface area contributed by atoms with Crippen molar-refractivity contribution in [3.05, 3.63) is 106 Å². The van der Waals surface area contributed by atoms with Gasteiger partial charge in [0.25, 0.3) is 0 Å². The molecule has 3 rings (SSSR count). The first-order chi connectivity index (χ1) is 18.0. The maximum Gasteiger partial charge on any atom is 0.116 e. The lowest BCUT2D eigenvalue weighted by molar-refractivity contribution is 0.724. The summed E-state index contributed by atoms with van der Waals surface area (Å²) in [5.41, 5.74) is 9.40. The van der Waals surface area contributed by atoms with Crippen molar-refractivity contribution in [1.29, 1.82) is 0 Å². The smallest absolute Gasteiger partial charge is 0.116 e. The van der Waals surface area contributed by atoms with Crippen LogP contribution in [0.2, 0.25) is 0 Å². The van der Waals surface area contributed by atoms with Crippen LogP contribution in [-0.4, -0.2) is 26.7 Å². The molecule has 0 spiro atoms. The van der Waals surface area contributed by atoms with Gasteiger partial charge in [0.05, 0.1) is 11.0 Å².